The number of nitrogens with two attached hydrogens (primary N) is 1. The molecule has 0 radical (unpaired) electrons. The van der Waals surface area contributed by atoms with Gasteiger partial charge in [0.1, 0.15) is 0 Å². The number of rotatable bonds is 1. The molecule has 1 aromatic heterocycles. The molecule has 0 atom stereocenters. The van der Waals surface area contributed by atoms with Crippen LogP contribution in [0.1, 0.15) is 5.56 Å². The summed E-state index contributed by atoms with van der Waals surface area (Å²) in [7, 11) is 0. The van der Waals surface area contributed by atoms with Crippen molar-refractivity contribution >= 4 is 6.21 Å². The third-order valence-electron chi connectivity index (χ3n) is 0.930. The molecule has 2 N–H and O–H groups in total. The van der Waals surface area contributed by atoms with Crippen molar-refractivity contribution in [3.05, 3.63) is 30.1 Å². The fourth-order valence-corrected chi connectivity index (χ4v) is 0.536. The minimum absolute atomic E-state index is 0. The minimum atomic E-state index is 0. The molecule has 0 aliphatic rings. The molecule has 56 valence electrons. The van der Waals surface area contributed by atoms with Gasteiger partial charge in [0.15, 0.2) is 0 Å². The largest absolute Gasteiger partial charge is 0.323 e. The molecule has 0 fully saturated rings. The van der Waals surface area contributed by atoms with Crippen molar-refractivity contribution in [1.29, 1.82) is 0 Å². The molecule has 0 aliphatic carbocycles. The van der Waals surface area contributed by atoms with Gasteiger partial charge < -0.3 is 5.84 Å². The first-order valence-corrected chi connectivity index (χ1v) is 2.57. The fraction of sp³-hybridized carbons (Fsp3) is 0. The van der Waals surface area contributed by atoms with Crippen LogP contribution in [0.4, 0.5) is 0 Å². The van der Waals surface area contributed by atoms with Crippen LogP contribution in [0.15, 0.2) is 29.6 Å². The Kier molecular flexibility index (Phi) is 4.73. The maximum Gasteiger partial charge on any atom is 0.0539 e. The monoisotopic (exact) mass is 227 g/mol. The van der Waals surface area contributed by atoms with Crippen LogP contribution in [0.25, 0.3) is 0 Å². The van der Waals surface area contributed by atoms with Crippen molar-refractivity contribution < 1.29 is 20.4 Å². The topological polar surface area (TPSA) is 51.3 Å². The Morgan fingerprint density at radius 1 is 1.40 bits per heavy atom. The van der Waals surface area contributed by atoms with Gasteiger partial charge >= 0.3 is 0 Å². The molecule has 10 heavy (non-hydrogen) atoms. The van der Waals surface area contributed by atoms with Gasteiger partial charge in [0.05, 0.1) is 6.21 Å². The van der Waals surface area contributed by atoms with Gasteiger partial charge in [-0.15, -0.1) is 0 Å². The molecular weight excluding hydrogens is 221 g/mol. The van der Waals surface area contributed by atoms with Crippen molar-refractivity contribution in [2.75, 3.05) is 0 Å². The molecule has 1 rings (SSSR count). The quantitative estimate of drug-likeness (QED) is 0.326. The summed E-state index contributed by atoms with van der Waals surface area (Å²) in [5.74, 6) is 4.91. The third-order valence-corrected chi connectivity index (χ3v) is 0.930. The maximum atomic E-state index is 4.91. The predicted octanol–water partition coefficient (Wildman–Crippen LogP) is 0.372. The van der Waals surface area contributed by atoms with Gasteiger partial charge in [0.25, 0.3) is 0 Å². The number of pyridine rings is 1. The molecule has 0 aliphatic heterocycles. The van der Waals surface area contributed by atoms with Crippen molar-refractivity contribution in [3.8, 4) is 0 Å². The first kappa shape index (κ1) is 9.28. The Balaban J connectivity index is 0.000000810. The van der Waals surface area contributed by atoms with Crippen LogP contribution >= 0.6 is 0 Å². The van der Waals surface area contributed by atoms with E-state index in [9.17, 15) is 0 Å². The summed E-state index contributed by atoms with van der Waals surface area (Å²) in [5, 5.41) is 3.35. The van der Waals surface area contributed by atoms with Crippen molar-refractivity contribution in [1.82, 2.24) is 4.98 Å². The summed E-state index contributed by atoms with van der Waals surface area (Å²) < 4.78 is 0. The molecule has 0 saturated carbocycles. The Morgan fingerprint density at radius 2 is 2.00 bits per heavy atom. The van der Waals surface area contributed by atoms with Crippen LogP contribution in [0.5, 0.6) is 0 Å². The van der Waals surface area contributed by atoms with Crippen LogP contribution in [0.2, 0.25) is 0 Å². The summed E-state index contributed by atoms with van der Waals surface area (Å²) in [6, 6.07) is 3.66. The van der Waals surface area contributed by atoms with E-state index in [2.05, 4.69) is 10.1 Å². The Morgan fingerprint density at radius 3 is 2.50 bits per heavy atom. The number of nitrogens with zero attached hydrogens (tertiary/aromatic N) is 2. The molecule has 0 bridgehead atoms. The minimum Gasteiger partial charge on any atom is -0.323 e. The van der Waals surface area contributed by atoms with Gasteiger partial charge in [-0.05, 0) is 17.7 Å². The first-order valence-electron chi connectivity index (χ1n) is 2.57. The Bertz CT molecular complexity index is 197. The second-order valence-electron chi connectivity index (χ2n) is 1.56. The summed E-state index contributed by atoms with van der Waals surface area (Å²) in [6.45, 7) is 0. The van der Waals surface area contributed by atoms with Gasteiger partial charge in [-0.25, -0.2) is 0 Å². The Labute approximate surface area is 73.0 Å². The zero-order chi connectivity index (χ0) is 6.53. The average molecular weight is 228 g/mol. The third kappa shape index (κ3) is 2.72. The van der Waals surface area contributed by atoms with Crippen LogP contribution < -0.4 is 5.84 Å². The van der Waals surface area contributed by atoms with Crippen molar-refractivity contribution in [2.45, 2.75) is 0 Å². The number of hydrogen-bond donors (Lipinski definition) is 1. The van der Waals surface area contributed by atoms with Crippen LogP contribution in [0.3, 0.4) is 0 Å². The maximum absolute atomic E-state index is 4.91. The van der Waals surface area contributed by atoms with E-state index in [1.54, 1.807) is 18.6 Å². The van der Waals surface area contributed by atoms with E-state index in [4.69, 9.17) is 5.84 Å². The number of aromatic nitrogens is 1. The number of hydrazone groups is 1. The molecule has 0 unspecified atom stereocenters. The van der Waals surface area contributed by atoms with Gasteiger partial charge in [-0.2, -0.15) is 5.10 Å². The molecule has 0 spiro atoms. The van der Waals surface area contributed by atoms with E-state index >= 15 is 0 Å². The smallest absolute Gasteiger partial charge is 0.0539 e. The van der Waals surface area contributed by atoms with Crippen molar-refractivity contribution in [3.63, 3.8) is 0 Å². The SMILES string of the molecule is NN=Cc1ccncc1.[Pd]. The standard InChI is InChI=1S/C6H7N3.Pd/c7-9-5-6-1-3-8-4-2-6;/h1-5H,7H2;. The summed E-state index contributed by atoms with van der Waals surface area (Å²) in [4.78, 5) is 3.83. The summed E-state index contributed by atoms with van der Waals surface area (Å²) in [6.07, 6.45) is 4.95. The molecule has 0 aromatic carbocycles. The van der Waals surface area contributed by atoms with Crippen molar-refractivity contribution in [2.24, 2.45) is 10.9 Å². The molecule has 4 heteroatoms. The molecule has 3 nitrogen and oxygen atoms in total. The van der Waals surface area contributed by atoms with Gasteiger partial charge in [-0.3, -0.25) is 4.98 Å². The van der Waals surface area contributed by atoms with E-state index in [0.717, 1.165) is 5.56 Å². The van der Waals surface area contributed by atoms with E-state index < -0.39 is 0 Å². The van der Waals surface area contributed by atoms with E-state index in [1.807, 2.05) is 12.1 Å². The first-order chi connectivity index (χ1) is 4.43. The second-order valence-corrected chi connectivity index (χ2v) is 1.56. The average Bonchev–Trinajstić information content (AvgIpc) is 1.91. The zero-order valence-electron chi connectivity index (χ0n) is 5.17. The van der Waals surface area contributed by atoms with E-state index in [0.29, 0.717) is 0 Å². The summed E-state index contributed by atoms with van der Waals surface area (Å²) >= 11 is 0. The molecule has 0 saturated heterocycles. The predicted molar refractivity (Wildman–Crippen MR) is 36.0 cm³/mol. The van der Waals surface area contributed by atoms with Gasteiger partial charge in [-0.1, -0.05) is 0 Å². The Hall–Kier alpha value is -0.718. The van der Waals surface area contributed by atoms with Crippen LogP contribution in [-0.4, -0.2) is 11.2 Å². The molecular formula is C6H7N3Pd. The summed E-state index contributed by atoms with van der Waals surface area (Å²) in [5.41, 5.74) is 0.965. The molecule has 1 aromatic rings. The molecule has 0 amide bonds. The van der Waals surface area contributed by atoms with Crippen LogP contribution in [0, 0.1) is 0 Å². The van der Waals surface area contributed by atoms with Gasteiger partial charge in [0, 0.05) is 32.8 Å². The van der Waals surface area contributed by atoms with Crippen LogP contribution in [-0.2, 0) is 20.4 Å². The zero-order valence-corrected chi connectivity index (χ0v) is 6.73. The fourth-order valence-electron chi connectivity index (χ4n) is 0.536. The number of hydrogen-bond acceptors (Lipinski definition) is 3. The molecule has 1 heterocycles. The van der Waals surface area contributed by atoms with E-state index in [1.165, 1.54) is 0 Å². The second kappa shape index (κ2) is 5.10. The normalized spacial score (nSPS) is 9.20. The van der Waals surface area contributed by atoms with Gasteiger partial charge in [0.2, 0.25) is 0 Å². The van der Waals surface area contributed by atoms with E-state index in [-0.39, 0.29) is 20.4 Å².